The lowest BCUT2D eigenvalue weighted by Gasteiger charge is -2.14. The van der Waals surface area contributed by atoms with Crippen molar-refractivity contribution in [2.45, 2.75) is 45.2 Å². The SMILES string of the molecule is CCNS(=O)(=O)c1cc(CNC(C)C)cc(Br)c1C. The number of hydrogen-bond donors (Lipinski definition) is 2. The Labute approximate surface area is 124 Å². The Bertz CT molecular complexity index is 542. The number of rotatable bonds is 6. The minimum atomic E-state index is -3.43. The van der Waals surface area contributed by atoms with Crippen LogP contribution >= 0.6 is 15.9 Å². The highest BCUT2D eigenvalue weighted by Gasteiger charge is 2.18. The van der Waals surface area contributed by atoms with E-state index in [0.29, 0.717) is 24.0 Å². The highest BCUT2D eigenvalue weighted by Crippen LogP contribution is 2.25. The molecule has 0 spiro atoms. The molecule has 0 aliphatic rings. The normalized spacial score (nSPS) is 12.1. The number of benzene rings is 1. The number of sulfonamides is 1. The largest absolute Gasteiger partial charge is 0.310 e. The minimum absolute atomic E-state index is 0.337. The van der Waals surface area contributed by atoms with Crippen LogP contribution in [-0.2, 0) is 16.6 Å². The second-order valence-electron chi connectivity index (χ2n) is 4.74. The minimum Gasteiger partial charge on any atom is -0.310 e. The van der Waals surface area contributed by atoms with E-state index in [1.165, 1.54) is 0 Å². The Balaban J connectivity index is 3.17. The second-order valence-corrected chi connectivity index (χ2v) is 7.33. The van der Waals surface area contributed by atoms with E-state index in [-0.39, 0.29) is 0 Å². The highest BCUT2D eigenvalue weighted by molar-refractivity contribution is 9.10. The first-order valence-electron chi connectivity index (χ1n) is 6.30. The molecule has 0 heterocycles. The van der Waals surface area contributed by atoms with Crippen LogP contribution in [0.25, 0.3) is 0 Å². The summed E-state index contributed by atoms with van der Waals surface area (Å²) in [6.07, 6.45) is 0. The Hall–Kier alpha value is -0.430. The maximum absolute atomic E-state index is 12.1. The van der Waals surface area contributed by atoms with E-state index in [1.807, 2.05) is 6.07 Å². The zero-order chi connectivity index (χ0) is 14.6. The van der Waals surface area contributed by atoms with Gasteiger partial charge in [-0.25, -0.2) is 13.1 Å². The molecule has 108 valence electrons. The van der Waals surface area contributed by atoms with Crippen molar-refractivity contribution in [3.63, 3.8) is 0 Å². The topological polar surface area (TPSA) is 58.2 Å². The van der Waals surface area contributed by atoms with Gasteiger partial charge < -0.3 is 5.32 Å². The van der Waals surface area contributed by atoms with Crippen LogP contribution in [0, 0.1) is 6.92 Å². The maximum atomic E-state index is 12.1. The van der Waals surface area contributed by atoms with Crippen LogP contribution in [0.3, 0.4) is 0 Å². The smallest absolute Gasteiger partial charge is 0.240 e. The van der Waals surface area contributed by atoms with E-state index in [1.54, 1.807) is 19.9 Å². The van der Waals surface area contributed by atoms with Crippen LogP contribution < -0.4 is 10.0 Å². The predicted octanol–water partition coefficient (Wildman–Crippen LogP) is 2.55. The molecule has 1 rings (SSSR count). The molecule has 0 radical (unpaired) electrons. The first-order valence-corrected chi connectivity index (χ1v) is 8.57. The van der Waals surface area contributed by atoms with Crippen molar-refractivity contribution in [3.05, 3.63) is 27.7 Å². The molecule has 0 aliphatic carbocycles. The van der Waals surface area contributed by atoms with Crippen molar-refractivity contribution in [2.75, 3.05) is 6.54 Å². The first kappa shape index (κ1) is 16.6. The molecule has 4 nitrogen and oxygen atoms in total. The highest BCUT2D eigenvalue weighted by atomic mass is 79.9. The molecule has 1 aromatic rings. The molecule has 2 N–H and O–H groups in total. The summed E-state index contributed by atoms with van der Waals surface area (Å²) in [6.45, 7) is 8.71. The third-order valence-corrected chi connectivity index (χ3v) is 5.19. The van der Waals surface area contributed by atoms with Gasteiger partial charge in [0.1, 0.15) is 0 Å². The van der Waals surface area contributed by atoms with Gasteiger partial charge in [-0.3, -0.25) is 0 Å². The Kier molecular flexibility index (Phi) is 5.98. The van der Waals surface area contributed by atoms with E-state index >= 15 is 0 Å². The van der Waals surface area contributed by atoms with Crippen LogP contribution in [0.4, 0.5) is 0 Å². The van der Waals surface area contributed by atoms with Gasteiger partial charge in [-0.15, -0.1) is 0 Å². The molecular formula is C13H21BrN2O2S. The maximum Gasteiger partial charge on any atom is 0.240 e. The molecule has 0 fully saturated rings. The van der Waals surface area contributed by atoms with E-state index < -0.39 is 10.0 Å². The van der Waals surface area contributed by atoms with Crippen LogP contribution in [0.2, 0.25) is 0 Å². The average molecular weight is 349 g/mol. The molecule has 1 aromatic carbocycles. The summed E-state index contributed by atoms with van der Waals surface area (Å²) in [6, 6.07) is 4.04. The zero-order valence-electron chi connectivity index (χ0n) is 11.7. The summed E-state index contributed by atoms with van der Waals surface area (Å²) in [5, 5.41) is 3.28. The van der Waals surface area contributed by atoms with Crippen molar-refractivity contribution in [2.24, 2.45) is 0 Å². The first-order chi connectivity index (χ1) is 8.77. The molecule has 0 aliphatic heterocycles. The Morgan fingerprint density at radius 2 is 1.95 bits per heavy atom. The van der Waals surface area contributed by atoms with Gasteiger partial charge in [-0.05, 0) is 30.2 Å². The van der Waals surface area contributed by atoms with E-state index in [0.717, 1.165) is 15.6 Å². The fourth-order valence-electron chi connectivity index (χ4n) is 1.68. The van der Waals surface area contributed by atoms with Crippen molar-refractivity contribution in [1.29, 1.82) is 0 Å². The molecule has 19 heavy (non-hydrogen) atoms. The second kappa shape index (κ2) is 6.83. The number of nitrogens with one attached hydrogen (secondary N) is 2. The molecule has 0 aromatic heterocycles. The van der Waals surface area contributed by atoms with E-state index in [4.69, 9.17) is 0 Å². The zero-order valence-corrected chi connectivity index (χ0v) is 14.2. The standard InChI is InChI=1S/C13H21BrN2O2S/c1-5-16-19(17,18)13-7-11(8-15-9(2)3)6-12(14)10(13)4/h6-7,9,15-16H,5,8H2,1-4H3. The quantitative estimate of drug-likeness (QED) is 0.830. The summed E-state index contributed by atoms with van der Waals surface area (Å²) in [4.78, 5) is 0.337. The third-order valence-electron chi connectivity index (χ3n) is 2.69. The fourth-order valence-corrected chi connectivity index (χ4v) is 3.67. The third kappa shape index (κ3) is 4.56. The van der Waals surface area contributed by atoms with Crippen molar-refractivity contribution < 1.29 is 8.42 Å². The van der Waals surface area contributed by atoms with Gasteiger partial charge in [0.05, 0.1) is 4.90 Å². The van der Waals surface area contributed by atoms with Gasteiger partial charge in [0, 0.05) is 23.6 Å². The summed E-state index contributed by atoms with van der Waals surface area (Å²) in [5.41, 5.74) is 1.68. The molecule has 0 unspecified atom stereocenters. The predicted molar refractivity (Wildman–Crippen MR) is 81.7 cm³/mol. The van der Waals surface area contributed by atoms with Crippen LogP contribution in [0.1, 0.15) is 31.9 Å². The van der Waals surface area contributed by atoms with Gasteiger partial charge >= 0.3 is 0 Å². The van der Waals surface area contributed by atoms with Crippen molar-refractivity contribution in [3.8, 4) is 0 Å². The van der Waals surface area contributed by atoms with E-state index in [2.05, 4.69) is 39.8 Å². The summed E-state index contributed by atoms with van der Waals surface area (Å²) in [7, 11) is -3.43. The molecule has 0 saturated heterocycles. The van der Waals surface area contributed by atoms with Gasteiger partial charge in [0.2, 0.25) is 10.0 Å². The lowest BCUT2D eigenvalue weighted by atomic mass is 10.1. The van der Waals surface area contributed by atoms with Crippen LogP contribution in [-0.4, -0.2) is 21.0 Å². The molecular weight excluding hydrogens is 328 g/mol. The summed E-state index contributed by atoms with van der Waals surface area (Å²) in [5.74, 6) is 0. The van der Waals surface area contributed by atoms with Crippen molar-refractivity contribution >= 4 is 26.0 Å². The van der Waals surface area contributed by atoms with Gasteiger partial charge in [-0.1, -0.05) is 36.7 Å². The Morgan fingerprint density at radius 1 is 1.32 bits per heavy atom. The number of halogens is 1. The lowest BCUT2D eigenvalue weighted by Crippen LogP contribution is -2.25. The molecule has 0 bridgehead atoms. The Morgan fingerprint density at radius 3 is 2.47 bits per heavy atom. The van der Waals surface area contributed by atoms with Gasteiger partial charge in [0.15, 0.2) is 0 Å². The summed E-state index contributed by atoms with van der Waals surface area (Å²) >= 11 is 3.43. The number of hydrogen-bond acceptors (Lipinski definition) is 3. The van der Waals surface area contributed by atoms with Gasteiger partial charge in [-0.2, -0.15) is 0 Å². The molecule has 0 atom stereocenters. The molecule has 0 amide bonds. The molecule has 6 heteroatoms. The van der Waals surface area contributed by atoms with Gasteiger partial charge in [0.25, 0.3) is 0 Å². The lowest BCUT2D eigenvalue weighted by molar-refractivity contribution is 0.580. The van der Waals surface area contributed by atoms with E-state index in [9.17, 15) is 8.42 Å². The summed E-state index contributed by atoms with van der Waals surface area (Å²) < 4.78 is 27.6. The fraction of sp³-hybridized carbons (Fsp3) is 0.538. The monoisotopic (exact) mass is 348 g/mol. The van der Waals surface area contributed by atoms with Crippen molar-refractivity contribution in [1.82, 2.24) is 10.0 Å². The molecule has 0 saturated carbocycles. The van der Waals surface area contributed by atoms with Crippen LogP contribution in [0.15, 0.2) is 21.5 Å². The average Bonchev–Trinajstić information content (AvgIpc) is 2.30. The van der Waals surface area contributed by atoms with Crippen LogP contribution in [0.5, 0.6) is 0 Å².